The fourth-order valence-corrected chi connectivity index (χ4v) is 1.37. The van der Waals surface area contributed by atoms with Gasteiger partial charge in [-0.3, -0.25) is 0 Å². The van der Waals surface area contributed by atoms with Crippen molar-refractivity contribution in [2.75, 3.05) is 6.61 Å². The van der Waals surface area contributed by atoms with E-state index in [1.165, 1.54) is 5.56 Å². The largest absolute Gasteiger partial charge is 0.494 e. The van der Waals surface area contributed by atoms with Gasteiger partial charge in [-0.2, -0.15) is 0 Å². The number of aliphatic hydroxyl groups excluding tert-OH is 1. The number of aryl methyl sites for hydroxylation is 1. The molecule has 0 bridgehead atoms. The van der Waals surface area contributed by atoms with Gasteiger partial charge in [0.15, 0.2) is 0 Å². The van der Waals surface area contributed by atoms with Crippen LogP contribution < -0.4 is 4.74 Å². The number of benzene rings is 1. The summed E-state index contributed by atoms with van der Waals surface area (Å²) in [5.41, 5.74) is 1.25. The zero-order valence-electron chi connectivity index (χ0n) is 9.57. The third kappa shape index (κ3) is 5.43. The highest BCUT2D eigenvalue weighted by Crippen LogP contribution is 2.12. The van der Waals surface area contributed by atoms with E-state index < -0.39 is 0 Å². The van der Waals surface area contributed by atoms with Gasteiger partial charge in [0.2, 0.25) is 0 Å². The monoisotopic (exact) mass is 208 g/mol. The predicted molar refractivity (Wildman–Crippen MR) is 62.2 cm³/mol. The van der Waals surface area contributed by atoms with Crippen LogP contribution in [0.2, 0.25) is 0 Å². The molecule has 0 saturated carbocycles. The molecule has 0 spiro atoms. The molecule has 2 heteroatoms. The van der Waals surface area contributed by atoms with Gasteiger partial charge in [-0.25, -0.2) is 0 Å². The summed E-state index contributed by atoms with van der Waals surface area (Å²) in [5, 5.41) is 9.06. The Morgan fingerprint density at radius 3 is 2.47 bits per heavy atom. The van der Waals surface area contributed by atoms with Crippen molar-refractivity contribution in [3.63, 3.8) is 0 Å². The van der Waals surface area contributed by atoms with Gasteiger partial charge in [-0.1, -0.05) is 17.7 Å². The molecule has 0 saturated heterocycles. The molecule has 0 aromatic heterocycles. The van der Waals surface area contributed by atoms with Crippen LogP contribution in [0.3, 0.4) is 0 Å². The predicted octanol–water partition coefficient (Wildman–Crippen LogP) is 2.92. The summed E-state index contributed by atoms with van der Waals surface area (Å²) in [6, 6.07) is 8.07. The van der Waals surface area contributed by atoms with Gasteiger partial charge in [0.25, 0.3) is 0 Å². The molecular weight excluding hydrogens is 188 g/mol. The molecule has 0 aliphatic carbocycles. The lowest BCUT2D eigenvalue weighted by molar-refractivity contribution is 0.177. The van der Waals surface area contributed by atoms with Crippen molar-refractivity contribution < 1.29 is 9.84 Å². The Morgan fingerprint density at radius 1 is 1.20 bits per heavy atom. The summed E-state index contributed by atoms with van der Waals surface area (Å²) in [7, 11) is 0. The maximum absolute atomic E-state index is 9.06. The summed E-state index contributed by atoms with van der Waals surface area (Å²) in [6.07, 6.45) is 2.68. The molecule has 0 amide bonds. The molecule has 84 valence electrons. The standard InChI is InChI=1S/C13H20O2/c1-11-6-8-13(9-7-11)15-10-4-3-5-12(2)14/h6-9,12,14H,3-5,10H2,1-2H3. The highest BCUT2D eigenvalue weighted by Gasteiger charge is 1.96. The zero-order valence-corrected chi connectivity index (χ0v) is 9.57. The van der Waals surface area contributed by atoms with E-state index in [0.29, 0.717) is 0 Å². The molecule has 1 aromatic carbocycles. The van der Waals surface area contributed by atoms with Crippen molar-refractivity contribution in [3.05, 3.63) is 29.8 Å². The molecule has 0 heterocycles. The van der Waals surface area contributed by atoms with Crippen molar-refractivity contribution in [1.82, 2.24) is 0 Å². The number of rotatable bonds is 6. The second kappa shape index (κ2) is 6.46. The van der Waals surface area contributed by atoms with Gasteiger partial charge in [-0.05, 0) is 45.2 Å². The van der Waals surface area contributed by atoms with E-state index in [9.17, 15) is 0 Å². The van der Waals surface area contributed by atoms with Crippen LogP contribution >= 0.6 is 0 Å². The molecule has 0 radical (unpaired) electrons. The highest BCUT2D eigenvalue weighted by atomic mass is 16.5. The van der Waals surface area contributed by atoms with Gasteiger partial charge >= 0.3 is 0 Å². The van der Waals surface area contributed by atoms with E-state index in [4.69, 9.17) is 9.84 Å². The highest BCUT2D eigenvalue weighted by molar-refractivity contribution is 5.26. The second-order valence-electron chi connectivity index (χ2n) is 4.01. The molecule has 0 aliphatic rings. The minimum atomic E-state index is -0.190. The average Bonchev–Trinajstić information content (AvgIpc) is 2.20. The minimum absolute atomic E-state index is 0.190. The van der Waals surface area contributed by atoms with Gasteiger partial charge < -0.3 is 9.84 Å². The molecular formula is C13H20O2. The third-order valence-corrected chi connectivity index (χ3v) is 2.31. The lowest BCUT2D eigenvalue weighted by atomic mass is 10.2. The molecule has 1 N–H and O–H groups in total. The van der Waals surface area contributed by atoms with Crippen molar-refractivity contribution in [2.24, 2.45) is 0 Å². The van der Waals surface area contributed by atoms with Crippen molar-refractivity contribution in [3.8, 4) is 5.75 Å². The Bertz CT molecular complexity index is 264. The maximum atomic E-state index is 9.06. The van der Waals surface area contributed by atoms with E-state index in [1.54, 1.807) is 0 Å². The van der Waals surface area contributed by atoms with Crippen LogP contribution in [-0.4, -0.2) is 17.8 Å². The SMILES string of the molecule is Cc1ccc(OCCCCC(C)O)cc1. The fourth-order valence-electron chi connectivity index (χ4n) is 1.37. The number of unbranched alkanes of at least 4 members (excludes halogenated alkanes) is 1. The quantitative estimate of drug-likeness (QED) is 0.728. The van der Waals surface area contributed by atoms with Crippen molar-refractivity contribution >= 4 is 0 Å². The van der Waals surface area contributed by atoms with E-state index in [1.807, 2.05) is 31.2 Å². The van der Waals surface area contributed by atoms with Crippen LogP contribution in [0.4, 0.5) is 0 Å². The van der Waals surface area contributed by atoms with Gasteiger partial charge in [0, 0.05) is 0 Å². The summed E-state index contributed by atoms with van der Waals surface area (Å²) in [5.74, 6) is 0.928. The van der Waals surface area contributed by atoms with Crippen LogP contribution in [0.5, 0.6) is 5.75 Å². The normalized spacial score (nSPS) is 12.5. The summed E-state index contributed by atoms with van der Waals surface area (Å²) < 4.78 is 5.56. The van der Waals surface area contributed by atoms with E-state index >= 15 is 0 Å². The minimum Gasteiger partial charge on any atom is -0.494 e. The van der Waals surface area contributed by atoms with Gasteiger partial charge in [-0.15, -0.1) is 0 Å². The Morgan fingerprint density at radius 2 is 1.87 bits per heavy atom. The smallest absolute Gasteiger partial charge is 0.119 e. The van der Waals surface area contributed by atoms with Crippen LogP contribution in [0, 0.1) is 6.92 Å². The van der Waals surface area contributed by atoms with E-state index in [2.05, 4.69) is 6.92 Å². The molecule has 0 aliphatic heterocycles. The molecule has 0 fully saturated rings. The first-order valence-corrected chi connectivity index (χ1v) is 5.56. The summed E-state index contributed by atoms with van der Waals surface area (Å²) in [6.45, 7) is 4.61. The first-order valence-electron chi connectivity index (χ1n) is 5.56. The summed E-state index contributed by atoms with van der Waals surface area (Å²) >= 11 is 0. The lowest BCUT2D eigenvalue weighted by Crippen LogP contribution is -2.02. The number of hydrogen-bond donors (Lipinski definition) is 1. The average molecular weight is 208 g/mol. The Kier molecular flexibility index (Phi) is 5.19. The lowest BCUT2D eigenvalue weighted by Gasteiger charge is -2.07. The Labute approximate surface area is 91.9 Å². The molecule has 1 unspecified atom stereocenters. The Balaban J connectivity index is 2.12. The molecule has 1 rings (SSSR count). The van der Waals surface area contributed by atoms with Gasteiger partial charge in [0.05, 0.1) is 12.7 Å². The first-order chi connectivity index (χ1) is 7.18. The van der Waals surface area contributed by atoms with Gasteiger partial charge in [0.1, 0.15) is 5.75 Å². The molecule has 2 nitrogen and oxygen atoms in total. The van der Waals surface area contributed by atoms with Crippen molar-refractivity contribution in [2.45, 2.75) is 39.2 Å². The van der Waals surface area contributed by atoms with Crippen LogP contribution in [0.25, 0.3) is 0 Å². The van der Waals surface area contributed by atoms with Crippen LogP contribution in [-0.2, 0) is 0 Å². The number of ether oxygens (including phenoxy) is 1. The zero-order chi connectivity index (χ0) is 11.1. The first kappa shape index (κ1) is 12.1. The maximum Gasteiger partial charge on any atom is 0.119 e. The molecule has 15 heavy (non-hydrogen) atoms. The molecule has 1 atom stereocenters. The van der Waals surface area contributed by atoms with Crippen LogP contribution in [0.1, 0.15) is 31.7 Å². The van der Waals surface area contributed by atoms with E-state index in [-0.39, 0.29) is 6.10 Å². The fraction of sp³-hybridized carbons (Fsp3) is 0.538. The summed E-state index contributed by atoms with van der Waals surface area (Å²) in [4.78, 5) is 0. The Hall–Kier alpha value is -1.02. The topological polar surface area (TPSA) is 29.5 Å². The number of hydrogen-bond acceptors (Lipinski definition) is 2. The number of aliphatic hydroxyl groups is 1. The van der Waals surface area contributed by atoms with Crippen LogP contribution in [0.15, 0.2) is 24.3 Å². The molecule has 1 aromatic rings. The third-order valence-electron chi connectivity index (χ3n) is 2.31. The second-order valence-corrected chi connectivity index (χ2v) is 4.01. The van der Waals surface area contributed by atoms with E-state index in [0.717, 1.165) is 31.6 Å². The van der Waals surface area contributed by atoms with Crippen molar-refractivity contribution in [1.29, 1.82) is 0 Å².